The van der Waals surface area contributed by atoms with Gasteiger partial charge in [0, 0.05) is 31.9 Å². The molecule has 0 amide bonds. The van der Waals surface area contributed by atoms with E-state index < -0.39 is 10.0 Å². The molecular formula is C14H17N5O2S. The van der Waals surface area contributed by atoms with Crippen LogP contribution in [0, 0.1) is 6.92 Å². The molecular weight excluding hydrogens is 302 g/mol. The van der Waals surface area contributed by atoms with Crippen molar-refractivity contribution in [1.82, 2.24) is 24.3 Å². The van der Waals surface area contributed by atoms with Crippen LogP contribution >= 0.6 is 0 Å². The zero-order valence-electron chi connectivity index (χ0n) is 12.5. The molecule has 0 unspecified atom stereocenters. The third kappa shape index (κ3) is 2.79. The minimum atomic E-state index is -3.62. The zero-order valence-corrected chi connectivity index (χ0v) is 13.3. The highest BCUT2D eigenvalue weighted by Gasteiger charge is 2.29. The summed E-state index contributed by atoms with van der Waals surface area (Å²) in [5.74, 6) is 0. The molecule has 0 saturated carbocycles. The van der Waals surface area contributed by atoms with Gasteiger partial charge in [-0.3, -0.25) is 4.68 Å². The molecule has 3 heterocycles. The van der Waals surface area contributed by atoms with E-state index in [4.69, 9.17) is 0 Å². The molecule has 0 radical (unpaired) electrons. The van der Waals surface area contributed by atoms with Crippen LogP contribution in [0.15, 0.2) is 35.6 Å². The molecule has 116 valence electrons. The molecule has 7 nitrogen and oxygen atoms in total. The number of aromatic nitrogens is 4. The Balaban J connectivity index is 1.86. The van der Waals surface area contributed by atoms with E-state index in [1.54, 1.807) is 23.9 Å². The minimum absolute atomic E-state index is 0.00876. The third-order valence-electron chi connectivity index (χ3n) is 3.57. The van der Waals surface area contributed by atoms with Gasteiger partial charge in [0.1, 0.15) is 0 Å². The third-order valence-corrected chi connectivity index (χ3v) is 5.31. The molecule has 0 atom stereocenters. The first-order valence-corrected chi connectivity index (χ1v) is 8.39. The Kier molecular flexibility index (Phi) is 3.79. The normalized spacial score (nSPS) is 16.5. The molecule has 0 aromatic carbocycles. The van der Waals surface area contributed by atoms with Gasteiger partial charge in [0.25, 0.3) is 10.0 Å². The van der Waals surface area contributed by atoms with E-state index in [0.29, 0.717) is 25.2 Å². The highest BCUT2D eigenvalue weighted by molar-refractivity contribution is 7.89. The van der Waals surface area contributed by atoms with Crippen LogP contribution in [0.4, 0.5) is 0 Å². The van der Waals surface area contributed by atoms with Crippen molar-refractivity contribution in [2.75, 3.05) is 13.1 Å². The van der Waals surface area contributed by atoms with E-state index in [1.807, 2.05) is 13.2 Å². The average molecular weight is 319 g/mol. The molecule has 3 rings (SSSR count). The predicted octanol–water partition coefficient (Wildman–Crippen LogP) is 0.997. The fourth-order valence-corrected chi connectivity index (χ4v) is 3.68. The largest absolute Gasteiger partial charge is 0.275 e. The van der Waals surface area contributed by atoms with Crippen molar-refractivity contribution in [2.24, 2.45) is 7.05 Å². The summed E-state index contributed by atoms with van der Waals surface area (Å²) in [5.41, 5.74) is 2.59. The summed E-state index contributed by atoms with van der Waals surface area (Å²) in [6.07, 6.45) is 6.36. The monoisotopic (exact) mass is 319 g/mol. The second kappa shape index (κ2) is 5.62. The van der Waals surface area contributed by atoms with Crippen molar-refractivity contribution < 1.29 is 8.42 Å². The number of hydrogen-bond donors (Lipinski definition) is 0. The zero-order chi connectivity index (χ0) is 15.7. The Morgan fingerprint density at radius 1 is 1.23 bits per heavy atom. The second-order valence-corrected chi connectivity index (χ2v) is 7.16. The fourth-order valence-electron chi connectivity index (χ4n) is 2.37. The van der Waals surface area contributed by atoms with E-state index in [2.05, 4.69) is 21.4 Å². The number of aryl methyl sites for hydroxylation is 2. The van der Waals surface area contributed by atoms with Crippen molar-refractivity contribution in [3.8, 4) is 0 Å². The summed E-state index contributed by atoms with van der Waals surface area (Å²) >= 11 is 0. The molecule has 2 aromatic rings. The van der Waals surface area contributed by atoms with Gasteiger partial charge in [-0.2, -0.15) is 14.5 Å². The standard InChI is InChI=1S/C14H17N5O2S/c1-11-5-6-14(17-16-11)22(20,21)19-7-3-4-12(10-19)13-8-15-18(2)9-13/h4-6,8-9H,3,7,10H2,1-2H3. The maximum atomic E-state index is 12.7. The molecule has 0 N–H and O–H groups in total. The van der Waals surface area contributed by atoms with Crippen LogP contribution in [-0.2, 0) is 17.1 Å². The molecule has 22 heavy (non-hydrogen) atoms. The van der Waals surface area contributed by atoms with Gasteiger partial charge in [-0.05, 0) is 31.1 Å². The molecule has 0 spiro atoms. The van der Waals surface area contributed by atoms with Crippen molar-refractivity contribution in [2.45, 2.75) is 18.4 Å². The van der Waals surface area contributed by atoms with Gasteiger partial charge < -0.3 is 0 Å². The first-order valence-electron chi connectivity index (χ1n) is 6.95. The maximum Gasteiger partial charge on any atom is 0.262 e. The molecule has 2 aromatic heterocycles. The SMILES string of the molecule is Cc1ccc(S(=O)(=O)N2CCC=C(c3cnn(C)c3)C2)nn1. The van der Waals surface area contributed by atoms with Crippen molar-refractivity contribution >= 4 is 15.6 Å². The van der Waals surface area contributed by atoms with Crippen LogP contribution < -0.4 is 0 Å². The van der Waals surface area contributed by atoms with E-state index >= 15 is 0 Å². The highest BCUT2D eigenvalue weighted by Crippen LogP contribution is 2.24. The van der Waals surface area contributed by atoms with Crippen LogP contribution in [-0.4, -0.2) is 45.8 Å². The van der Waals surface area contributed by atoms with E-state index in [-0.39, 0.29) is 5.03 Å². The quantitative estimate of drug-likeness (QED) is 0.843. The van der Waals surface area contributed by atoms with Crippen molar-refractivity contribution in [1.29, 1.82) is 0 Å². The van der Waals surface area contributed by atoms with Gasteiger partial charge in [-0.1, -0.05) is 6.08 Å². The van der Waals surface area contributed by atoms with Crippen LogP contribution in [0.25, 0.3) is 5.57 Å². The molecule has 0 aliphatic carbocycles. The van der Waals surface area contributed by atoms with Crippen LogP contribution in [0.1, 0.15) is 17.7 Å². The average Bonchev–Trinajstić information content (AvgIpc) is 2.94. The summed E-state index contributed by atoms with van der Waals surface area (Å²) in [6.45, 7) is 2.54. The Hall–Kier alpha value is -2.06. The molecule has 0 bridgehead atoms. The van der Waals surface area contributed by atoms with Crippen LogP contribution in [0.5, 0.6) is 0 Å². The Morgan fingerprint density at radius 3 is 2.68 bits per heavy atom. The van der Waals surface area contributed by atoms with E-state index in [9.17, 15) is 8.42 Å². The van der Waals surface area contributed by atoms with Crippen LogP contribution in [0.2, 0.25) is 0 Å². The van der Waals surface area contributed by atoms with Gasteiger partial charge in [-0.25, -0.2) is 8.42 Å². The lowest BCUT2D eigenvalue weighted by molar-refractivity contribution is 0.439. The number of hydrogen-bond acceptors (Lipinski definition) is 5. The summed E-state index contributed by atoms with van der Waals surface area (Å²) in [4.78, 5) is 0. The lowest BCUT2D eigenvalue weighted by Crippen LogP contribution is -2.36. The molecule has 1 aliphatic rings. The number of rotatable bonds is 3. The molecule has 0 fully saturated rings. The molecule has 0 saturated heterocycles. The van der Waals surface area contributed by atoms with Crippen LogP contribution in [0.3, 0.4) is 0 Å². The lowest BCUT2D eigenvalue weighted by atomic mass is 10.1. The predicted molar refractivity (Wildman–Crippen MR) is 81.3 cm³/mol. The first kappa shape index (κ1) is 14.9. The van der Waals surface area contributed by atoms with Gasteiger partial charge in [0.15, 0.2) is 5.03 Å². The van der Waals surface area contributed by atoms with Gasteiger partial charge in [0.2, 0.25) is 0 Å². The smallest absolute Gasteiger partial charge is 0.262 e. The lowest BCUT2D eigenvalue weighted by Gasteiger charge is -2.25. The number of nitrogens with zero attached hydrogens (tertiary/aromatic N) is 5. The minimum Gasteiger partial charge on any atom is -0.275 e. The fraction of sp³-hybridized carbons (Fsp3) is 0.357. The summed E-state index contributed by atoms with van der Waals surface area (Å²) in [7, 11) is -1.78. The summed E-state index contributed by atoms with van der Waals surface area (Å²) in [6, 6.07) is 3.15. The van der Waals surface area contributed by atoms with E-state index in [0.717, 1.165) is 11.1 Å². The van der Waals surface area contributed by atoms with Gasteiger partial charge in [-0.15, -0.1) is 5.10 Å². The molecule has 1 aliphatic heterocycles. The number of sulfonamides is 1. The summed E-state index contributed by atoms with van der Waals surface area (Å²) in [5, 5.41) is 11.8. The Morgan fingerprint density at radius 2 is 2.05 bits per heavy atom. The first-order chi connectivity index (χ1) is 10.5. The van der Waals surface area contributed by atoms with E-state index in [1.165, 1.54) is 10.4 Å². The van der Waals surface area contributed by atoms with Crippen molar-refractivity contribution in [3.63, 3.8) is 0 Å². The highest BCUT2D eigenvalue weighted by atomic mass is 32.2. The van der Waals surface area contributed by atoms with Gasteiger partial charge in [0.05, 0.1) is 11.9 Å². The Labute approximate surface area is 129 Å². The topological polar surface area (TPSA) is 81.0 Å². The molecule has 8 heteroatoms. The van der Waals surface area contributed by atoms with Crippen molar-refractivity contribution in [3.05, 3.63) is 41.9 Å². The summed E-state index contributed by atoms with van der Waals surface area (Å²) < 4.78 is 28.5. The second-order valence-electron chi connectivity index (χ2n) is 5.27. The Bertz CT molecular complexity index is 808. The van der Waals surface area contributed by atoms with Gasteiger partial charge >= 0.3 is 0 Å². The maximum absolute atomic E-state index is 12.7.